The molecule has 1 fully saturated rings. The summed E-state index contributed by atoms with van der Waals surface area (Å²) in [5.41, 5.74) is 0. The van der Waals surface area contributed by atoms with E-state index in [0.29, 0.717) is 12.2 Å². The van der Waals surface area contributed by atoms with Crippen LogP contribution >= 0.6 is 11.8 Å². The highest BCUT2D eigenvalue weighted by Crippen LogP contribution is 2.15. The van der Waals surface area contributed by atoms with Crippen LogP contribution in [0, 0.1) is 0 Å². The maximum Gasteiger partial charge on any atom is 0.372 e. The first kappa shape index (κ1) is 16.5. The van der Waals surface area contributed by atoms with E-state index in [1.54, 1.807) is 24.3 Å². The minimum atomic E-state index is -0.626. The summed E-state index contributed by atoms with van der Waals surface area (Å²) in [5.74, 6) is -0.515. The van der Waals surface area contributed by atoms with Gasteiger partial charge in [0.1, 0.15) is 11.8 Å². The zero-order valence-electron chi connectivity index (χ0n) is 11.9. The number of rotatable bonds is 5. The van der Waals surface area contributed by atoms with Crippen LogP contribution < -0.4 is 10.1 Å². The first-order valence-electron chi connectivity index (χ1n) is 7.03. The average Bonchev–Trinajstić information content (AvgIpc) is 3.02. The number of thioether (sulfide) groups is 1. The number of ether oxygens (including phenoxy) is 2. The molecular formula is C15H17NO5S. The Hall–Kier alpha value is -1.86. The van der Waals surface area contributed by atoms with Crippen molar-refractivity contribution >= 4 is 29.0 Å². The van der Waals surface area contributed by atoms with E-state index in [-0.39, 0.29) is 18.2 Å². The van der Waals surface area contributed by atoms with Crippen molar-refractivity contribution in [2.45, 2.75) is 25.3 Å². The van der Waals surface area contributed by atoms with Gasteiger partial charge in [-0.25, -0.2) is 9.59 Å². The van der Waals surface area contributed by atoms with Crippen molar-refractivity contribution in [1.82, 2.24) is 5.32 Å². The predicted octanol–water partition coefficient (Wildman–Crippen LogP) is 2.13. The van der Waals surface area contributed by atoms with E-state index in [4.69, 9.17) is 9.47 Å². The van der Waals surface area contributed by atoms with Crippen LogP contribution in [0.25, 0.3) is 0 Å². The summed E-state index contributed by atoms with van der Waals surface area (Å²) in [4.78, 5) is 34.6. The standard InChI is InChI=1S/C15H17NO5S/c17-13(21-14(18)12-7-4-9-16-12)8-10-22-15(19)20-11-5-2-1-3-6-11/h1-3,5-6,12,16H,4,7-10H2/t12-/m0/s1. The second-order valence-corrected chi connectivity index (χ2v) is 5.74. The molecule has 0 bridgehead atoms. The van der Waals surface area contributed by atoms with E-state index in [0.717, 1.165) is 24.7 Å². The molecule has 0 amide bonds. The number of esters is 2. The van der Waals surface area contributed by atoms with Gasteiger partial charge < -0.3 is 14.8 Å². The quantitative estimate of drug-likeness (QED) is 0.656. The molecule has 1 aliphatic rings. The van der Waals surface area contributed by atoms with Crippen LogP contribution in [-0.4, -0.2) is 35.6 Å². The summed E-state index contributed by atoms with van der Waals surface area (Å²) in [7, 11) is 0. The zero-order chi connectivity index (χ0) is 15.8. The molecule has 1 saturated heterocycles. The highest BCUT2D eigenvalue weighted by Gasteiger charge is 2.25. The van der Waals surface area contributed by atoms with Gasteiger partial charge in [-0.3, -0.25) is 4.79 Å². The number of nitrogens with one attached hydrogen (secondary N) is 1. The largest absolute Gasteiger partial charge is 0.418 e. The lowest BCUT2D eigenvalue weighted by atomic mass is 10.2. The Labute approximate surface area is 132 Å². The fourth-order valence-corrected chi connectivity index (χ4v) is 2.54. The van der Waals surface area contributed by atoms with Crippen molar-refractivity contribution in [1.29, 1.82) is 0 Å². The lowest BCUT2D eigenvalue weighted by Gasteiger charge is -2.08. The van der Waals surface area contributed by atoms with E-state index in [2.05, 4.69) is 5.32 Å². The Kier molecular flexibility index (Phi) is 6.42. The molecule has 22 heavy (non-hydrogen) atoms. The van der Waals surface area contributed by atoms with Crippen molar-refractivity contribution < 1.29 is 23.9 Å². The van der Waals surface area contributed by atoms with Crippen molar-refractivity contribution in [3.8, 4) is 5.75 Å². The number of hydrogen-bond acceptors (Lipinski definition) is 7. The van der Waals surface area contributed by atoms with Crippen LogP contribution in [0.15, 0.2) is 30.3 Å². The molecular weight excluding hydrogens is 306 g/mol. The van der Waals surface area contributed by atoms with Gasteiger partial charge in [-0.15, -0.1) is 0 Å². The van der Waals surface area contributed by atoms with Gasteiger partial charge in [0.05, 0.1) is 6.42 Å². The molecule has 1 N–H and O–H groups in total. The van der Waals surface area contributed by atoms with Crippen molar-refractivity contribution in [2.24, 2.45) is 0 Å². The SMILES string of the molecule is O=C(CCSC(=O)Oc1ccccc1)OC(=O)[C@@H]1CCCN1. The molecule has 0 radical (unpaired) electrons. The molecule has 2 rings (SSSR count). The molecule has 0 aromatic heterocycles. The summed E-state index contributed by atoms with van der Waals surface area (Å²) < 4.78 is 9.78. The Morgan fingerprint density at radius 3 is 2.68 bits per heavy atom. The monoisotopic (exact) mass is 323 g/mol. The van der Waals surface area contributed by atoms with Crippen molar-refractivity contribution in [3.05, 3.63) is 30.3 Å². The summed E-state index contributed by atoms with van der Waals surface area (Å²) in [6.45, 7) is 0.759. The van der Waals surface area contributed by atoms with Gasteiger partial charge in [0.25, 0.3) is 0 Å². The smallest absolute Gasteiger partial charge is 0.372 e. The molecule has 7 heteroatoms. The zero-order valence-corrected chi connectivity index (χ0v) is 12.8. The normalized spacial score (nSPS) is 17.0. The van der Waals surface area contributed by atoms with Gasteiger partial charge >= 0.3 is 17.2 Å². The summed E-state index contributed by atoms with van der Waals surface area (Å²) in [6, 6.07) is 8.27. The summed E-state index contributed by atoms with van der Waals surface area (Å²) in [5, 5.41) is 2.46. The fourth-order valence-electron chi connectivity index (χ4n) is 1.95. The molecule has 0 spiro atoms. The van der Waals surface area contributed by atoms with E-state index in [9.17, 15) is 14.4 Å². The van der Waals surface area contributed by atoms with Crippen LogP contribution in [0.3, 0.4) is 0 Å². The second kappa shape index (κ2) is 8.55. The number of para-hydroxylation sites is 1. The first-order valence-corrected chi connectivity index (χ1v) is 8.01. The Balaban J connectivity index is 1.62. The lowest BCUT2D eigenvalue weighted by molar-refractivity contribution is -0.160. The third-order valence-corrected chi connectivity index (χ3v) is 3.76. The second-order valence-electron chi connectivity index (χ2n) is 4.71. The van der Waals surface area contributed by atoms with Crippen LogP contribution in [0.5, 0.6) is 5.75 Å². The van der Waals surface area contributed by atoms with Crippen LogP contribution in [0.4, 0.5) is 4.79 Å². The summed E-state index contributed by atoms with van der Waals surface area (Å²) >= 11 is 0.870. The number of carbonyl (C=O) groups is 3. The fraction of sp³-hybridized carbons (Fsp3) is 0.400. The minimum absolute atomic E-state index is 0.0208. The molecule has 1 aliphatic heterocycles. The molecule has 0 unspecified atom stereocenters. The molecule has 1 atom stereocenters. The lowest BCUT2D eigenvalue weighted by Crippen LogP contribution is -2.33. The van der Waals surface area contributed by atoms with Gasteiger partial charge in [0, 0.05) is 5.75 Å². The topological polar surface area (TPSA) is 81.7 Å². The Morgan fingerprint density at radius 1 is 1.23 bits per heavy atom. The molecule has 0 aliphatic carbocycles. The number of carbonyl (C=O) groups excluding carboxylic acids is 3. The molecule has 118 valence electrons. The van der Waals surface area contributed by atoms with E-state index in [1.807, 2.05) is 6.07 Å². The Morgan fingerprint density at radius 2 is 2.00 bits per heavy atom. The van der Waals surface area contributed by atoms with Gasteiger partial charge in [-0.2, -0.15) is 0 Å². The molecule has 1 aromatic rings. The van der Waals surface area contributed by atoms with Crippen LogP contribution in [-0.2, 0) is 14.3 Å². The molecule has 1 aromatic carbocycles. The average molecular weight is 323 g/mol. The highest BCUT2D eigenvalue weighted by atomic mass is 32.2. The maximum absolute atomic E-state index is 11.6. The van der Waals surface area contributed by atoms with Crippen molar-refractivity contribution in [3.63, 3.8) is 0 Å². The Bertz CT molecular complexity index is 528. The third-order valence-electron chi connectivity index (χ3n) is 3.03. The third kappa shape index (κ3) is 5.50. The van der Waals surface area contributed by atoms with E-state index >= 15 is 0 Å². The maximum atomic E-state index is 11.6. The van der Waals surface area contributed by atoms with Gasteiger partial charge in [-0.05, 0) is 43.3 Å². The molecule has 1 heterocycles. The van der Waals surface area contributed by atoms with E-state index < -0.39 is 17.2 Å². The van der Waals surface area contributed by atoms with Gasteiger partial charge in [0.15, 0.2) is 0 Å². The van der Waals surface area contributed by atoms with Crippen molar-refractivity contribution in [2.75, 3.05) is 12.3 Å². The van der Waals surface area contributed by atoms with Gasteiger partial charge in [-0.1, -0.05) is 18.2 Å². The number of hydrogen-bond donors (Lipinski definition) is 1. The summed E-state index contributed by atoms with van der Waals surface area (Å²) in [6.07, 6.45) is 1.56. The predicted molar refractivity (Wildman–Crippen MR) is 81.7 cm³/mol. The first-order chi connectivity index (χ1) is 10.6. The van der Waals surface area contributed by atoms with E-state index in [1.165, 1.54) is 0 Å². The minimum Gasteiger partial charge on any atom is -0.418 e. The molecule has 6 nitrogen and oxygen atoms in total. The van der Waals surface area contributed by atoms with Gasteiger partial charge in [0.2, 0.25) is 0 Å². The molecule has 0 saturated carbocycles. The van der Waals surface area contributed by atoms with Crippen LogP contribution in [0.2, 0.25) is 0 Å². The number of benzene rings is 1. The van der Waals surface area contributed by atoms with Crippen LogP contribution in [0.1, 0.15) is 19.3 Å². The highest BCUT2D eigenvalue weighted by molar-refractivity contribution is 8.13.